The molecule has 3 heteroatoms. The van der Waals surface area contributed by atoms with E-state index in [0.29, 0.717) is 0 Å². The van der Waals surface area contributed by atoms with Crippen molar-refractivity contribution in [2.75, 3.05) is 0 Å². The highest BCUT2D eigenvalue weighted by Crippen LogP contribution is 2.41. The number of fused-ring (bicyclic) bond motifs is 1. The molecule has 2 N–H and O–H groups in total. The number of hydrogen-bond acceptors (Lipinski definition) is 3. The van der Waals surface area contributed by atoms with E-state index >= 15 is 0 Å². The Morgan fingerprint density at radius 3 is 2.82 bits per heavy atom. The summed E-state index contributed by atoms with van der Waals surface area (Å²) < 4.78 is 11.2. The fourth-order valence-corrected chi connectivity index (χ4v) is 2.13. The van der Waals surface area contributed by atoms with Crippen molar-refractivity contribution in [2.24, 2.45) is 5.73 Å². The van der Waals surface area contributed by atoms with Crippen LogP contribution in [0.25, 0.3) is 0 Å². The largest absolute Gasteiger partial charge is 0.347 e. The van der Waals surface area contributed by atoms with Gasteiger partial charge in [0.25, 0.3) is 0 Å². The molecule has 2 aliphatic rings. The normalized spacial score (nSPS) is 56.5. The Balaban J connectivity index is 2.20. The third-order valence-corrected chi connectivity index (χ3v) is 2.89. The van der Waals surface area contributed by atoms with Gasteiger partial charge in [0.15, 0.2) is 6.29 Å². The number of nitrogens with two attached hydrogens (primary N) is 1. The average Bonchev–Trinajstić information content (AvgIpc) is 2.32. The lowest BCUT2D eigenvalue weighted by atomic mass is 9.99. The molecular weight excluding hydrogens is 142 g/mol. The number of rotatable bonds is 0. The van der Waals surface area contributed by atoms with Crippen molar-refractivity contribution in [3.05, 3.63) is 0 Å². The van der Waals surface area contributed by atoms with Gasteiger partial charge in [0, 0.05) is 6.04 Å². The van der Waals surface area contributed by atoms with Crippen molar-refractivity contribution in [1.82, 2.24) is 0 Å². The van der Waals surface area contributed by atoms with Crippen molar-refractivity contribution in [3.63, 3.8) is 0 Å². The molecule has 1 heterocycles. The third-order valence-electron chi connectivity index (χ3n) is 2.89. The van der Waals surface area contributed by atoms with E-state index in [0.717, 1.165) is 12.8 Å². The van der Waals surface area contributed by atoms with Crippen LogP contribution in [-0.2, 0) is 9.47 Å². The lowest BCUT2D eigenvalue weighted by molar-refractivity contribution is -0.0819. The molecule has 4 atom stereocenters. The Bertz CT molecular complexity index is 173. The summed E-state index contributed by atoms with van der Waals surface area (Å²) in [7, 11) is 0. The van der Waals surface area contributed by atoms with Crippen molar-refractivity contribution >= 4 is 0 Å². The van der Waals surface area contributed by atoms with Crippen LogP contribution in [0, 0.1) is 0 Å². The summed E-state index contributed by atoms with van der Waals surface area (Å²) in [6, 6.07) is 0.150. The standard InChI is InChI=1S/C8H15NO2/c1-5-10-7-4-3-6(9)8(7,2)11-5/h5-7H,3-4,9H2,1-2H3. The second-order valence-corrected chi connectivity index (χ2v) is 3.68. The summed E-state index contributed by atoms with van der Waals surface area (Å²) in [5.41, 5.74) is 5.70. The van der Waals surface area contributed by atoms with Crippen LogP contribution in [-0.4, -0.2) is 24.0 Å². The Morgan fingerprint density at radius 2 is 2.18 bits per heavy atom. The minimum atomic E-state index is -0.209. The molecule has 0 bridgehead atoms. The first-order valence-electron chi connectivity index (χ1n) is 4.22. The number of hydrogen-bond donors (Lipinski definition) is 1. The van der Waals surface area contributed by atoms with Crippen molar-refractivity contribution in [2.45, 2.75) is 50.7 Å². The maximum absolute atomic E-state index is 5.91. The Morgan fingerprint density at radius 1 is 1.45 bits per heavy atom. The zero-order valence-electron chi connectivity index (χ0n) is 7.04. The van der Waals surface area contributed by atoms with Gasteiger partial charge >= 0.3 is 0 Å². The predicted molar refractivity (Wildman–Crippen MR) is 41.0 cm³/mol. The first kappa shape index (κ1) is 7.53. The summed E-state index contributed by atoms with van der Waals surface area (Å²) in [6.07, 6.45) is 2.22. The van der Waals surface area contributed by atoms with Gasteiger partial charge in [-0.3, -0.25) is 0 Å². The molecule has 0 radical (unpaired) electrons. The minimum Gasteiger partial charge on any atom is -0.347 e. The first-order chi connectivity index (χ1) is 5.13. The zero-order chi connectivity index (χ0) is 8.06. The molecule has 64 valence electrons. The van der Waals surface area contributed by atoms with Crippen LogP contribution < -0.4 is 5.73 Å². The van der Waals surface area contributed by atoms with Gasteiger partial charge in [0.05, 0.1) is 6.10 Å². The summed E-state index contributed by atoms with van der Waals surface area (Å²) in [6.45, 7) is 3.98. The Hall–Kier alpha value is -0.120. The fourth-order valence-electron chi connectivity index (χ4n) is 2.13. The van der Waals surface area contributed by atoms with E-state index in [1.807, 2.05) is 6.92 Å². The molecule has 0 aromatic rings. The molecule has 2 fully saturated rings. The topological polar surface area (TPSA) is 44.5 Å². The van der Waals surface area contributed by atoms with Gasteiger partial charge in [0.1, 0.15) is 5.60 Å². The SMILES string of the molecule is CC1OC2CCC(N)C2(C)O1. The molecule has 3 nitrogen and oxygen atoms in total. The van der Waals surface area contributed by atoms with E-state index in [-0.39, 0.29) is 24.0 Å². The summed E-state index contributed by atoms with van der Waals surface area (Å²) in [5, 5.41) is 0. The molecule has 4 unspecified atom stereocenters. The highest BCUT2D eigenvalue weighted by Gasteiger charge is 2.52. The van der Waals surface area contributed by atoms with E-state index in [9.17, 15) is 0 Å². The van der Waals surface area contributed by atoms with E-state index in [4.69, 9.17) is 15.2 Å². The highest BCUT2D eigenvalue weighted by molar-refractivity contribution is 5.03. The molecule has 0 aromatic heterocycles. The van der Waals surface area contributed by atoms with Crippen LogP contribution in [0.2, 0.25) is 0 Å². The van der Waals surface area contributed by atoms with Crippen LogP contribution >= 0.6 is 0 Å². The highest BCUT2D eigenvalue weighted by atomic mass is 16.7. The maximum Gasteiger partial charge on any atom is 0.156 e. The Kier molecular flexibility index (Phi) is 1.50. The summed E-state index contributed by atoms with van der Waals surface area (Å²) in [4.78, 5) is 0. The molecule has 0 amide bonds. The van der Waals surface area contributed by atoms with Crippen LogP contribution in [0.1, 0.15) is 26.7 Å². The van der Waals surface area contributed by atoms with Gasteiger partial charge in [-0.05, 0) is 26.7 Å². The van der Waals surface area contributed by atoms with Gasteiger partial charge in [0.2, 0.25) is 0 Å². The van der Waals surface area contributed by atoms with Crippen LogP contribution in [0.4, 0.5) is 0 Å². The van der Waals surface area contributed by atoms with E-state index < -0.39 is 0 Å². The van der Waals surface area contributed by atoms with Crippen LogP contribution in [0.3, 0.4) is 0 Å². The van der Waals surface area contributed by atoms with Crippen LogP contribution in [0.5, 0.6) is 0 Å². The van der Waals surface area contributed by atoms with Gasteiger partial charge in [-0.25, -0.2) is 0 Å². The van der Waals surface area contributed by atoms with Crippen molar-refractivity contribution < 1.29 is 9.47 Å². The van der Waals surface area contributed by atoms with Gasteiger partial charge < -0.3 is 15.2 Å². The van der Waals surface area contributed by atoms with Crippen LogP contribution in [0.15, 0.2) is 0 Å². The van der Waals surface area contributed by atoms with E-state index in [1.165, 1.54) is 0 Å². The van der Waals surface area contributed by atoms with E-state index in [1.54, 1.807) is 0 Å². The van der Waals surface area contributed by atoms with Gasteiger partial charge in [-0.2, -0.15) is 0 Å². The first-order valence-corrected chi connectivity index (χ1v) is 4.22. The molecule has 1 aliphatic carbocycles. The van der Waals surface area contributed by atoms with E-state index in [2.05, 4.69) is 6.92 Å². The van der Waals surface area contributed by atoms with Crippen molar-refractivity contribution in [1.29, 1.82) is 0 Å². The van der Waals surface area contributed by atoms with Crippen molar-refractivity contribution in [3.8, 4) is 0 Å². The predicted octanol–water partition coefficient (Wildman–Crippen LogP) is 0.628. The molecule has 11 heavy (non-hydrogen) atoms. The minimum absolute atomic E-state index is 0.0728. The maximum atomic E-state index is 5.91. The average molecular weight is 157 g/mol. The second kappa shape index (κ2) is 2.19. The molecular formula is C8H15NO2. The van der Waals surface area contributed by atoms with Gasteiger partial charge in [-0.1, -0.05) is 0 Å². The Labute approximate surface area is 66.8 Å². The smallest absolute Gasteiger partial charge is 0.156 e. The quantitative estimate of drug-likeness (QED) is 0.561. The van der Waals surface area contributed by atoms with Gasteiger partial charge in [-0.15, -0.1) is 0 Å². The zero-order valence-corrected chi connectivity index (χ0v) is 7.04. The molecule has 2 rings (SSSR count). The lowest BCUT2D eigenvalue weighted by Crippen LogP contribution is -2.46. The summed E-state index contributed by atoms with van der Waals surface area (Å²) in [5.74, 6) is 0. The summed E-state index contributed by atoms with van der Waals surface area (Å²) >= 11 is 0. The monoisotopic (exact) mass is 157 g/mol. The second-order valence-electron chi connectivity index (χ2n) is 3.68. The molecule has 1 saturated heterocycles. The molecule has 1 aliphatic heterocycles. The molecule has 1 saturated carbocycles. The fraction of sp³-hybridized carbons (Fsp3) is 1.00. The number of ether oxygens (including phenoxy) is 2. The molecule has 0 aromatic carbocycles. The third kappa shape index (κ3) is 0.916. The molecule has 0 spiro atoms. The lowest BCUT2D eigenvalue weighted by Gasteiger charge is -2.25.